The standard InChI is InChI=1S/C39H40N4O4/c1-42(2)22-20-40-34-24(16-18-30-32(34)38(46)28-14-7-5-12-26(28)36(30)44)10-9-11-25-17-19-31-33(35(25)41-21-23-43(3)4)39(47)29-15-8-6-13-27(29)37(31)45/h5-8,12-19,40-41H,9-11,20-23H2,1-4H3. The molecule has 2 aliphatic carbocycles. The van der Waals surface area contributed by atoms with Crippen LogP contribution in [0.1, 0.15) is 81.2 Å². The van der Waals surface area contributed by atoms with E-state index in [2.05, 4.69) is 20.4 Å². The molecule has 8 heteroatoms. The second kappa shape index (κ2) is 13.4. The second-order valence-electron chi connectivity index (χ2n) is 12.8. The number of likely N-dealkylation sites (N-methyl/N-ethyl adjacent to an activating group) is 2. The van der Waals surface area contributed by atoms with Crippen LogP contribution in [0.15, 0.2) is 72.8 Å². The third kappa shape index (κ3) is 6.14. The summed E-state index contributed by atoms with van der Waals surface area (Å²) in [5.74, 6) is -0.564. The maximum absolute atomic E-state index is 13.8. The number of nitrogens with one attached hydrogen (secondary N) is 2. The molecule has 0 fully saturated rings. The van der Waals surface area contributed by atoms with Crippen LogP contribution in [0.5, 0.6) is 0 Å². The van der Waals surface area contributed by atoms with E-state index >= 15 is 0 Å². The SMILES string of the molecule is CN(C)CCNc1c(CCCc2ccc3c(c2NCCN(C)C)C(=O)c2ccccc2C3=O)ccc2c1C(=O)c1ccccc1C2=O. The lowest BCUT2D eigenvalue weighted by Gasteiger charge is -2.25. The first-order chi connectivity index (χ1) is 22.7. The van der Waals surface area contributed by atoms with Gasteiger partial charge in [0.2, 0.25) is 0 Å². The predicted octanol–water partition coefficient (Wildman–Crippen LogP) is 5.36. The zero-order chi connectivity index (χ0) is 33.2. The van der Waals surface area contributed by atoms with Gasteiger partial charge in [-0.15, -0.1) is 0 Å². The minimum absolute atomic E-state index is 0.138. The predicted molar refractivity (Wildman–Crippen MR) is 186 cm³/mol. The number of nitrogens with zero attached hydrogens (tertiary/aromatic N) is 2. The summed E-state index contributed by atoms with van der Waals surface area (Å²) in [6.45, 7) is 2.74. The van der Waals surface area contributed by atoms with E-state index in [1.165, 1.54) is 0 Å². The molecule has 0 saturated heterocycles. The van der Waals surface area contributed by atoms with Gasteiger partial charge >= 0.3 is 0 Å². The van der Waals surface area contributed by atoms with E-state index in [0.717, 1.165) is 30.6 Å². The molecule has 8 nitrogen and oxygen atoms in total. The van der Waals surface area contributed by atoms with Crippen LogP contribution in [0, 0.1) is 0 Å². The Morgan fingerprint density at radius 3 is 1.19 bits per heavy atom. The molecule has 6 rings (SSSR count). The fourth-order valence-electron chi connectivity index (χ4n) is 6.56. The molecule has 0 saturated carbocycles. The Balaban J connectivity index is 1.32. The van der Waals surface area contributed by atoms with Crippen LogP contribution in [-0.4, -0.2) is 87.3 Å². The molecule has 47 heavy (non-hydrogen) atoms. The lowest BCUT2D eigenvalue weighted by molar-refractivity contribution is 0.0979. The van der Waals surface area contributed by atoms with Crippen molar-refractivity contribution in [3.05, 3.63) is 128 Å². The minimum Gasteiger partial charge on any atom is -0.383 e. The van der Waals surface area contributed by atoms with Gasteiger partial charge in [0.1, 0.15) is 0 Å². The average Bonchev–Trinajstić information content (AvgIpc) is 3.06. The molecule has 2 aliphatic rings. The van der Waals surface area contributed by atoms with E-state index in [4.69, 9.17) is 0 Å². The third-order valence-electron chi connectivity index (χ3n) is 8.97. The van der Waals surface area contributed by atoms with Crippen LogP contribution in [0.2, 0.25) is 0 Å². The Morgan fingerprint density at radius 2 is 0.830 bits per heavy atom. The van der Waals surface area contributed by atoms with Crippen molar-refractivity contribution in [3.8, 4) is 0 Å². The number of fused-ring (bicyclic) bond motifs is 4. The summed E-state index contributed by atoms with van der Waals surface area (Å²) >= 11 is 0. The minimum atomic E-state index is -0.144. The molecule has 0 unspecified atom stereocenters. The van der Waals surface area contributed by atoms with Gasteiger partial charge in [-0.2, -0.15) is 0 Å². The Bertz CT molecular complexity index is 1770. The second-order valence-corrected chi connectivity index (χ2v) is 12.8. The van der Waals surface area contributed by atoms with Crippen LogP contribution < -0.4 is 10.6 Å². The van der Waals surface area contributed by atoms with Gasteiger partial charge in [-0.25, -0.2) is 0 Å². The maximum atomic E-state index is 13.8. The lowest BCUT2D eigenvalue weighted by Crippen LogP contribution is -2.26. The number of benzene rings is 4. The molecule has 0 aliphatic heterocycles. The van der Waals surface area contributed by atoms with E-state index in [1.807, 2.05) is 40.3 Å². The molecular weight excluding hydrogens is 588 g/mol. The van der Waals surface area contributed by atoms with Gasteiger partial charge in [0.05, 0.1) is 11.1 Å². The largest absolute Gasteiger partial charge is 0.383 e. The number of aryl methyl sites for hydroxylation is 2. The monoisotopic (exact) mass is 628 g/mol. The highest BCUT2D eigenvalue weighted by molar-refractivity contribution is 6.31. The Hall–Kier alpha value is -4.92. The maximum Gasteiger partial charge on any atom is 0.196 e. The molecule has 240 valence electrons. The van der Waals surface area contributed by atoms with Crippen LogP contribution >= 0.6 is 0 Å². The highest BCUT2D eigenvalue weighted by Crippen LogP contribution is 2.37. The summed E-state index contributed by atoms with van der Waals surface area (Å²) in [5.41, 5.74) is 6.82. The van der Waals surface area contributed by atoms with Gasteiger partial charge < -0.3 is 20.4 Å². The molecule has 0 bridgehead atoms. The molecule has 0 spiro atoms. The summed E-state index contributed by atoms with van der Waals surface area (Å²) in [7, 11) is 7.97. The van der Waals surface area contributed by atoms with E-state index < -0.39 is 0 Å². The average molecular weight is 629 g/mol. The number of carbonyl (C=O) groups excluding carboxylic acids is 4. The van der Waals surface area contributed by atoms with Crippen molar-refractivity contribution in [2.24, 2.45) is 0 Å². The zero-order valence-electron chi connectivity index (χ0n) is 27.4. The molecule has 4 aromatic carbocycles. The summed E-state index contributed by atoms with van der Waals surface area (Å²) in [5, 5.41) is 7.00. The number of rotatable bonds is 12. The van der Waals surface area contributed by atoms with Crippen molar-refractivity contribution in [2.45, 2.75) is 19.3 Å². The number of hydrogen-bond acceptors (Lipinski definition) is 8. The number of hydrogen-bond donors (Lipinski definition) is 2. The Morgan fingerprint density at radius 1 is 0.468 bits per heavy atom. The van der Waals surface area contributed by atoms with Gasteiger partial charge in [0.15, 0.2) is 23.1 Å². The van der Waals surface area contributed by atoms with E-state index in [-0.39, 0.29) is 23.1 Å². The van der Waals surface area contributed by atoms with E-state index in [0.29, 0.717) is 81.8 Å². The summed E-state index contributed by atoms with van der Waals surface area (Å²) < 4.78 is 0. The van der Waals surface area contributed by atoms with Gasteiger partial charge in [-0.05, 0) is 70.7 Å². The molecular formula is C39H40N4O4. The quantitative estimate of drug-likeness (QED) is 0.187. The van der Waals surface area contributed by atoms with Crippen LogP contribution in [0.4, 0.5) is 11.4 Å². The van der Waals surface area contributed by atoms with Crippen LogP contribution in [0.3, 0.4) is 0 Å². The van der Waals surface area contributed by atoms with E-state index in [9.17, 15) is 19.2 Å². The topological polar surface area (TPSA) is 98.8 Å². The smallest absolute Gasteiger partial charge is 0.196 e. The molecule has 0 heterocycles. The van der Waals surface area contributed by atoms with Gasteiger partial charge in [-0.1, -0.05) is 60.7 Å². The molecule has 0 atom stereocenters. The summed E-state index contributed by atoms with van der Waals surface area (Å²) in [6, 6.07) is 21.5. The molecule has 0 aromatic heterocycles. The van der Waals surface area contributed by atoms with Crippen molar-refractivity contribution in [1.82, 2.24) is 9.80 Å². The number of carbonyl (C=O) groups is 4. The first kappa shape index (κ1) is 32.0. The molecule has 0 amide bonds. The van der Waals surface area contributed by atoms with Crippen molar-refractivity contribution in [3.63, 3.8) is 0 Å². The normalized spacial score (nSPS) is 13.4. The van der Waals surface area contributed by atoms with E-state index in [1.54, 1.807) is 60.7 Å². The number of ketones is 4. The fraction of sp³-hybridized carbons (Fsp3) is 0.282. The van der Waals surface area contributed by atoms with Gasteiger partial charge in [0, 0.05) is 70.9 Å². The summed E-state index contributed by atoms with van der Waals surface area (Å²) in [4.78, 5) is 58.7. The van der Waals surface area contributed by atoms with Crippen molar-refractivity contribution in [2.75, 3.05) is 65.0 Å². The van der Waals surface area contributed by atoms with Crippen molar-refractivity contribution in [1.29, 1.82) is 0 Å². The molecule has 2 N–H and O–H groups in total. The first-order valence-corrected chi connectivity index (χ1v) is 16.1. The fourth-order valence-corrected chi connectivity index (χ4v) is 6.56. The zero-order valence-corrected chi connectivity index (χ0v) is 27.4. The van der Waals surface area contributed by atoms with Gasteiger partial charge in [-0.3, -0.25) is 19.2 Å². The first-order valence-electron chi connectivity index (χ1n) is 16.1. The number of anilines is 2. The Labute approximate surface area is 275 Å². The molecule has 4 aromatic rings. The van der Waals surface area contributed by atoms with Crippen LogP contribution in [0.25, 0.3) is 0 Å². The lowest BCUT2D eigenvalue weighted by atomic mass is 9.81. The van der Waals surface area contributed by atoms with Crippen molar-refractivity contribution >= 4 is 34.5 Å². The van der Waals surface area contributed by atoms with Gasteiger partial charge in [0.25, 0.3) is 0 Å². The summed E-state index contributed by atoms with van der Waals surface area (Å²) in [6.07, 6.45) is 2.01. The van der Waals surface area contributed by atoms with Crippen molar-refractivity contribution < 1.29 is 19.2 Å². The third-order valence-corrected chi connectivity index (χ3v) is 8.97. The highest BCUT2D eigenvalue weighted by atomic mass is 16.1. The molecule has 0 radical (unpaired) electrons. The Kier molecular flexibility index (Phi) is 9.16. The van der Waals surface area contributed by atoms with Crippen LogP contribution in [-0.2, 0) is 12.8 Å². The highest BCUT2D eigenvalue weighted by Gasteiger charge is 2.34.